The van der Waals surface area contributed by atoms with Gasteiger partial charge in [0.1, 0.15) is 11.2 Å². The van der Waals surface area contributed by atoms with Crippen LogP contribution in [0.25, 0.3) is 133 Å². The van der Waals surface area contributed by atoms with E-state index >= 15 is 0 Å². The molecule has 0 fully saturated rings. The Hall–Kier alpha value is -9.13. The third kappa shape index (κ3) is 5.80. The molecule has 67 heavy (non-hydrogen) atoms. The molecule has 4 aromatic heterocycles. The zero-order chi connectivity index (χ0) is 44.0. The minimum Gasteiger partial charge on any atom is -0.455 e. The molecule has 14 aromatic rings. The molecule has 4 heterocycles. The van der Waals surface area contributed by atoms with Gasteiger partial charge in [-0.1, -0.05) is 158 Å². The van der Waals surface area contributed by atoms with Crippen LogP contribution in [0.4, 0.5) is 0 Å². The average molecular weight is 856 g/mol. The van der Waals surface area contributed by atoms with Crippen molar-refractivity contribution < 1.29 is 4.42 Å². The van der Waals surface area contributed by atoms with Crippen LogP contribution in [0.1, 0.15) is 0 Å². The van der Waals surface area contributed by atoms with Gasteiger partial charge in [0.15, 0.2) is 17.5 Å². The number of hydrogen-bond donors (Lipinski definition) is 0. The largest absolute Gasteiger partial charge is 0.455 e. The smallest absolute Gasteiger partial charge is 0.166 e. The second-order valence-electron chi connectivity index (χ2n) is 17.1. The molecule has 6 nitrogen and oxygen atoms in total. The van der Waals surface area contributed by atoms with Gasteiger partial charge in [0.2, 0.25) is 0 Å². The van der Waals surface area contributed by atoms with E-state index in [0.29, 0.717) is 17.5 Å². The van der Waals surface area contributed by atoms with Crippen molar-refractivity contribution in [3.05, 3.63) is 224 Å². The predicted molar refractivity (Wildman–Crippen MR) is 275 cm³/mol. The van der Waals surface area contributed by atoms with Crippen LogP contribution in [0.5, 0.6) is 0 Å². The van der Waals surface area contributed by atoms with E-state index in [0.717, 1.165) is 94.0 Å². The molecular weight excluding hydrogens is 819 g/mol. The monoisotopic (exact) mass is 855 g/mol. The first kappa shape index (κ1) is 37.3. The van der Waals surface area contributed by atoms with Gasteiger partial charge in [-0.15, -0.1) is 0 Å². The first-order valence-corrected chi connectivity index (χ1v) is 22.6. The number of para-hydroxylation sites is 6. The van der Waals surface area contributed by atoms with Crippen molar-refractivity contribution in [1.82, 2.24) is 24.1 Å². The van der Waals surface area contributed by atoms with E-state index in [1.807, 2.05) is 30.3 Å². The summed E-state index contributed by atoms with van der Waals surface area (Å²) in [6.07, 6.45) is 0. The van der Waals surface area contributed by atoms with Crippen LogP contribution in [0.2, 0.25) is 0 Å². The van der Waals surface area contributed by atoms with E-state index in [4.69, 9.17) is 19.4 Å². The van der Waals surface area contributed by atoms with E-state index in [-0.39, 0.29) is 0 Å². The molecule has 312 valence electrons. The van der Waals surface area contributed by atoms with Gasteiger partial charge in [0.25, 0.3) is 0 Å². The summed E-state index contributed by atoms with van der Waals surface area (Å²) in [4.78, 5) is 16.2. The van der Waals surface area contributed by atoms with Gasteiger partial charge in [-0.3, -0.25) is 0 Å². The van der Waals surface area contributed by atoms with Crippen molar-refractivity contribution in [2.45, 2.75) is 0 Å². The Bertz CT molecular complexity index is 4280. The van der Waals surface area contributed by atoms with Crippen molar-refractivity contribution in [3.63, 3.8) is 0 Å². The fraction of sp³-hybridized carbons (Fsp3) is 0. The Morgan fingerprint density at radius 2 is 0.896 bits per heavy atom. The van der Waals surface area contributed by atoms with Gasteiger partial charge in [-0.25, -0.2) is 15.0 Å². The maximum Gasteiger partial charge on any atom is 0.166 e. The van der Waals surface area contributed by atoms with Crippen molar-refractivity contribution >= 4 is 76.3 Å². The molecule has 0 saturated heterocycles. The van der Waals surface area contributed by atoms with E-state index in [1.165, 1.54) is 21.5 Å². The molecular formula is C61H37N5O. The Labute approximate surface area is 384 Å². The summed E-state index contributed by atoms with van der Waals surface area (Å²) in [7, 11) is 0. The van der Waals surface area contributed by atoms with Crippen LogP contribution in [-0.2, 0) is 0 Å². The summed E-state index contributed by atoms with van der Waals surface area (Å²) in [6, 6.07) is 79.1. The summed E-state index contributed by atoms with van der Waals surface area (Å²) < 4.78 is 11.5. The Kier molecular flexibility index (Phi) is 8.18. The van der Waals surface area contributed by atoms with Crippen molar-refractivity contribution in [1.29, 1.82) is 0 Å². The molecule has 6 heteroatoms. The van der Waals surface area contributed by atoms with Crippen LogP contribution in [0.15, 0.2) is 229 Å². The van der Waals surface area contributed by atoms with Gasteiger partial charge in [-0.05, 0) is 83.1 Å². The quantitative estimate of drug-likeness (QED) is 0.167. The van der Waals surface area contributed by atoms with Crippen LogP contribution in [-0.4, -0.2) is 24.1 Å². The lowest BCUT2D eigenvalue weighted by molar-refractivity contribution is 0.670. The number of furan rings is 1. The van der Waals surface area contributed by atoms with Gasteiger partial charge < -0.3 is 13.6 Å². The Morgan fingerprint density at radius 3 is 1.69 bits per heavy atom. The summed E-state index contributed by atoms with van der Waals surface area (Å²) in [5.74, 6) is 1.73. The first-order chi connectivity index (χ1) is 33.2. The molecule has 0 spiro atoms. The summed E-state index contributed by atoms with van der Waals surface area (Å²) in [6.45, 7) is 0. The van der Waals surface area contributed by atoms with Crippen molar-refractivity contribution in [2.24, 2.45) is 0 Å². The van der Waals surface area contributed by atoms with Gasteiger partial charge in [0.05, 0.1) is 22.1 Å². The molecule has 0 N–H and O–H groups in total. The number of hydrogen-bond acceptors (Lipinski definition) is 4. The highest BCUT2D eigenvalue weighted by atomic mass is 16.3. The Balaban J connectivity index is 1.07. The lowest BCUT2D eigenvalue weighted by Gasteiger charge is -2.16. The van der Waals surface area contributed by atoms with Crippen molar-refractivity contribution in [3.8, 4) is 56.7 Å². The summed E-state index contributed by atoms with van der Waals surface area (Å²) in [5, 5.41) is 9.22. The van der Waals surface area contributed by atoms with Gasteiger partial charge >= 0.3 is 0 Å². The first-order valence-electron chi connectivity index (χ1n) is 22.6. The van der Waals surface area contributed by atoms with Gasteiger partial charge in [-0.2, -0.15) is 0 Å². The molecule has 14 rings (SSSR count). The van der Waals surface area contributed by atoms with E-state index in [1.54, 1.807) is 0 Å². The number of benzene rings is 10. The molecule has 0 atom stereocenters. The highest BCUT2D eigenvalue weighted by Crippen LogP contribution is 2.44. The average Bonchev–Trinajstić information content (AvgIpc) is 4.06. The highest BCUT2D eigenvalue weighted by molar-refractivity contribution is 6.15. The Morgan fingerprint density at radius 1 is 0.313 bits per heavy atom. The summed E-state index contributed by atoms with van der Waals surface area (Å²) in [5.41, 5.74) is 12.7. The molecule has 0 aliphatic carbocycles. The molecule has 0 saturated carbocycles. The van der Waals surface area contributed by atoms with E-state index < -0.39 is 0 Å². The van der Waals surface area contributed by atoms with E-state index in [9.17, 15) is 0 Å². The number of fused-ring (bicyclic) bond motifs is 10. The van der Waals surface area contributed by atoms with Crippen LogP contribution in [0, 0.1) is 0 Å². The van der Waals surface area contributed by atoms with Crippen LogP contribution >= 0.6 is 0 Å². The van der Waals surface area contributed by atoms with Crippen molar-refractivity contribution in [2.75, 3.05) is 0 Å². The minimum atomic E-state index is 0.561. The second kappa shape index (κ2) is 14.7. The molecule has 0 aliphatic heterocycles. The fourth-order valence-electron chi connectivity index (χ4n) is 10.4. The maximum atomic E-state index is 6.80. The maximum absolute atomic E-state index is 6.80. The SMILES string of the molecule is c1ccc(-c2nc(-c3ccc(-n4c5ccccc5c5cc6ccccc6cc54)cc3-c3cccc4c3oc3ccccc34)nc(-c3cccc4c5ccccc5n(-c5ccccc5)c34)n2)cc1. The zero-order valence-corrected chi connectivity index (χ0v) is 36.0. The molecule has 0 radical (unpaired) electrons. The number of aromatic nitrogens is 5. The lowest BCUT2D eigenvalue weighted by Crippen LogP contribution is -2.03. The summed E-state index contributed by atoms with van der Waals surface area (Å²) >= 11 is 0. The third-order valence-corrected chi connectivity index (χ3v) is 13.4. The second-order valence-corrected chi connectivity index (χ2v) is 17.1. The zero-order valence-electron chi connectivity index (χ0n) is 36.0. The fourth-order valence-corrected chi connectivity index (χ4v) is 10.4. The highest BCUT2D eigenvalue weighted by Gasteiger charge is 2.24. The molecule has 0 bridgehead atoms. The topological polar surface area (TPSA) is 61.7 Å². The minimum absolute atomic E-state index is 0.561. The molecule has 10 aromatic carbocycles. The number of rotatable bonds is 6. The molecule has 0 aliphatic rings. The van der Waals surface area contributed by atoms with Crippen LogP contribution in [0.3, 0.4) is 0 Å². The van der Waals surface area contributed by atoms with Gasteiger partial charge in [0, 0.05) is 65.9 Å². The molecule has 0 unspecified atom stereocenters. The third-order valence-electron chi connectivity index (χ3n) is 13.4. The molecule has 0 amide bonds. The standard InChI is InChI=1S/C61H37N5O/c1-3-17-38(18-4-1)59-62-60(64-61(63-59)50-29-15-26-46-43-23-9-13-31-54(43)66(57(46)50)41-21-5-2-6-22-41)49-34-33-42(37-51(49)48-28-16-27-47-45-25-11-14-32-56(45)67-58(47)48)65-53-30-12-10-24-44(53)52-35-39-19-7-8-20-40(39)36-55(52)65/h1-37H. The number of nitrogens with zero attached hydrogens (tertiary/aromatic N) is 5. The normalized spacial score (nSPS) is 11.9. The lowest BCUT2D eigenvalue weighted by atomic mass is 9.96. The van der Waals surface area contributed by atoms with Crippen LogP contribution < -0.4 is 0 Å². The predicted octanol–water partition coefficient (Wildman–Crippen LogP) is 15.8. The van der Waals surface area contributed by atoms with E-state index in [2.05, 4.69) is 203 Å².